The molecule has 1 saturated heterocycles. The molecule has 4 rings (SSSR count). The molecule has 152 valence electrons. The summed E-state index contributed by atoms with van der Waals surface area (Å²) in [5.74, 6) is -2.03. The molecule has 1 amide bonds. The first-order chi connectivity index (χ1) is 14.1. The number of anilines is 1. The fourth-order valence-electron chi connectivity index (χ4n) is 2.80. The molecule has 1 atom stereocenters. The number of thiazole rings is 1. The summed E-state index contributed by atoms with van der Waals surface area (Å²) in [5, 5.41) is 16.8. The summed E-state index contributed by atoms with van der Waals surface area (Å²) in [4.78, 5) is 16.5. The lowest BCUT2D eigenvalue weighted by atomic mass is 10.2. The standard InChI is InChI=1S/C17H16F2N6O2S2/c18-12-4-3-10(6-13(12)19)14-8-28-16(20-14)21-15(26)9-29-17-22-23-24-25(17)7-11-2-1-5-27-11/h3-4,6,8,11H,1-2,5,7,9H2,(H,20,21,26)/t11-/m1/s1. The number of carbonyl (C=O) groups excluding carboxylic acids is 1. The van der Waals surface area contributed by atoms with E-state index in [4.69, 9.17) is 4.74 Å². The Morgan fingerprint density at radius 1 is 1.38 bits per heavy atom. The van der Waals surface area contributed by atoms with Gasteiger partial charge in [0, 0.05) is 17.6 Å². The number of carbonyl (C=O) groups is 1. The number of tetrazole rings is 1. The van der Waals surface area contributed by atoms with Crippen molar-refractivity contribution in [2.45, 2.75) is 30.6 Å². The normalized spacial score (nSPS) is 16.3. The maximum atomic E-state index is 13.4. The lowest BCUT2D eigenvalue weighted by Gasteiger charge is -2.09. The van der Waals surface area contributed by atoms with Crippen LogP contribution in [0.2, 0.25) is 0 Å². The predicted molar refractivity (Wildman–Crippen MR) is 104 cm³/mol. The van der Waals surface area contributed by atoms with Crippen LogP contribution in [0.25, 0.3) is 11.3 Å². The molecule has 0 bridgehead atoms. The number of thioether (sulfide) groups is 1. The molecule has 1 fully saturated rings. The van der Waals surface area contributed by atoms with E-state index in [9.17, 15) is 13.6 Å². The summed E-state index contributed by atoms with van der Waals surface area (Å²) in [5.41, 5.74) is 0.890. The van der Waals surface area contributed by atoms with Crippen molar-refractivity contribution in [2.75, 3.05) is 17.7 Å². The average molecular weight is 438 g/mol. The first-order valence-electron chi connectivity index (χ1n) is 8.80. The molecule has 1 aliphatic rings. The highest BCUT2D eigenvalue weighted by atomic mass is 32.2. The van der Waals surface area contributed by atoms with Gasteiger partial charge >= 0.3 is 0 Å². The van der Waals surface area contributed by atoms with E-state index in [1.807, 2.05) is 0 Å². The molecule has 1 aromatic carbocycles. The van der Waals surface area contributed by atoms with Crippen LogP contribution in [0.3, 0.4) is 0 Å². The minimum atomic E-state index is -0.946. The third-order valence-corrected chi connectivity index (χ3v) is 5.91. The second kappa shape index (κ2) is 8.93. The minimum absolute atomic E-state index is 0.0942. The topological polar surface area (TPSA) is 94.8 Å². The van der Waals surface area contributed by atoms with Gasteiger partial charge in [0.15, 0.2) is 16.8 Å². The zero-order chi connectivity index (χ0) is 20.2. The second-order valence-electron chi connectivity index (χ2n) is 6.28. The Morgan fingerprint density at radius 2 is 2.28 bits per heavy atom. The molecule has 12 heteroatoms. The lowest BCUT2D eigenvalue weighted by Crippen LogP contribution is -2.18. The number of amides is 1. The maximum Gasteiger partial charge on any atom is 0.236 e. The van der Waals surface area contributed by atoms with Crippen LogP contribution in [0.5, 0.6) is 0 Å². The number of nitrogens with one attached hydrogen (secondary N) is 1. The van der Waals surface area contributed by atoms with Gasteiger partial charge in [0.1, 0.15) is 0 Å². The van der Waals surface area contributed by atoms with E-state index in [2.05, 4.69) is 25.8 Å². The van der Waals surface area contributed by atoms with Crippen molar-refractivity contribution in [2.24, 2.45) is 0 Å². The Balaban J connectivity index is 1.32. The SMILES string of the molecule is O=C(CSc1nnnn1C[C@H]1CCCO1)Nc1nc(-c2ccc(F)c(F)c2)cs1. The number of benzene rings is 1. The molecule has 1 N–H and O–H groups in total. The highest BCUT2D eigenvalue weighted by Crippen LogP contribution is 2.26. The van der Waals surface area contributed by atoms with Crippen molar-refractivity contribution in [1.29, 1.82) is 0 Å². The summed E-state index contributed by atoms with van der Waals surface area (Å²) in [6.45, 7) is 1.30. The van der Waals surface area contributed by atoms with Gasteiger partial charge in [0.05, 0.1) is 24.1 Å². The van der Waals surface area contributed by atoms with Gasteiger partial charge in [-0.05, 0) is 41.5 Å². The molecule has 8 nitrogen and oxygen atoms in total. The van der Waals surface area contributed by atoms with Gasteiger partial charge in [-0.1, -0.05) is 11.8 Å². The highest BCUT2D eigenvalue weighted by molar-refractivity contribution is 7.99. The van der Waals surface area contributed by atoms with E-state index in [-0.39, 0.29) is 17.8 Å². The van der Waals surface area contributed by atoms with Crippen LogP contribution in [-0.2, 0) is 16.1 Å². The molecule has 29 heavy (non-hydrogen) atoms. The van der Waals surface area contributed by atoms with Crippen molar-refractivity contribution in [3.05, 3.63) is 35.2 Å². The van der Waals surface area contributed by atoms with Gasteiger partial charge in [-0.3, -0.25) is 4.79 Å². The van der Waals surface area contributed by atoms with E-state index >= 15 is 0 Å². The summed E-state index contributed by atoms with van der Waals surface area (Å²) >= 11 is 2.42. The Kier molecular flexibility index (Phi) is 6.11. The lowest BCUT2D eigenvalue weighted by molar-refractivity contribution is -0.113. The Bertz CT molecular complexity index is 1010. The molecule has 3 aromatic rings. The molecule has 1 aliphatic heterocycles. The second-order valence-corrected chi connectivity index (χ2v) is 8.08. The first kappa shape index (κ1) is 19.9. The number of hydrogen-bond acceptors (Lipinski definition) is 8. The number of hydrogen-bond donors (Lipinski definition) is 1. The third kappa shape index (κ3) is 4.95. The molecular weight excluding hydrogens is 422 g/mol. The summed E-state index contributed by atoms with van der Waals surface area (Å²) < 4.78 is 33.7. The zero-order valence-electron chi connectivity index (χ0n) is 15.0. The average Bonchev–Trinajstić information content (AvgIpc) is 3.45. The van der Waals surface area contributed by atoms with Crippen LogP contribution in [-0.4, -0.2) is 49.6 Å². The van der Waals surface area contributed by atoms with Gasteiger partial charge in [-0.2, -0.15) is 0 Å². The quantitative estimate of drug-likeness (QED) is 0.567. The van der Waals surface area contributed by atoms with Crippen molar-refractivity contribution >= 4 is 34.1 Å². The molecule has 0 saturated carbocycles. The Morgan fingerprint density at radius 3 is 3.07 bits per heavy atom. The van der Waals surface area contributed by atoms with Gasteiger partial charge < -0.3 is 10.1 Å². The van der Waals surface area contributed by atoms with E-state index in [1.165, 1.54) is 29.2 Å². The molecule has 0 unspecified atom stereocenters. The van der Waals surface area contributed by atoms with Crippen molar-refractivity contribution in [3.63, 3.8) is 0 Å². The fraction of sp³-hybridized carbons (Fsp3) is 0.353. The van der Waals surface area contributed by atoms with Crippen LogP contribution >= 0.6 is 23.1 Å². The number of halogens is 2. The van der Waals surface area contributed by atoms with E-state index in [0.717, 1.165) is 31.6 Å². The van der Waals surface area contributed by atoms with Gasteiger partial charge in [-0.25, -0.2) is 18.4 Å². The fourth-order valence-corrected chi connectivity index (χ4v) is 4.22. The maximum absolute atomic E-state index is 13.4. The molecule has 0 aliphatic carbocycles. The van der Waals surface area contributed by atoms with Gasteiger partial charge in [0.25, 0.3) is 0 Å². The molecule has 0 radical (unpaired) electrons. The Hall–Kier alpha value is -2.44. The molecule has 3 heterocycles. The van der Waals surface area contributed by atoms with Crippen molar-refractivity contribution in [1.82, 2.24) is 25.2 Å². The van der Waals surface area contributed by atoms with E-state index in [1.54, 1.807) is 10.1 Å². The molecular formula is C17H16F2N6O2S2. The highest BCUT2D eigenvalue weighted by Gasteiger charge is 2.19. The monoisotopic (exact) mass is 438 g/mol. The van der Waals surface area contributed by atoms with Crippen LogP contribution < -0.4 is 5.32 Å². The van der Waals surface area contributed by atoms with Crippen LogP contribution in [0.15, 0.2) is 28.7 Å². The smallest absolute Gasteiger partial charge is 0.236 e. The van der Waals surface area contributed by atoms with E-state index in [0.29, 0.717) is 28.1 Å². The number of ether oxygens (including phenoxy) is 1. The summed E-state index contributed by atoms with van der Waals surface area (Å²) in [6, 6.07) is 3.54. The van der Waals surface area contributed by atoms with Crippen molar-refractivity contribution < 1.29 is 18.3 Å². The largest absolute Gasteiger partial charge is 0.376 e. The Labute approximate surface area is 172 Å². The first-order valence-corrected chi connectivity index (χ1v) is 10.7. The number of nitrogens with zero attached hydrogens (tertiary/aromatic N) is 5. The van der Waals surface area contributed by atoms with Gasteiger partial charge in [-0.15, -0.1) is 16.4 Å². The molecule has 0 spiro atoms. The van der Waals surface area contributed by atoms with E-state index < -0.39 is 11.6 Å². The minimum Gasteiger partial charge on any atom is -0.376 e. The van der Waals surface area contributed by atoms with Crippen LogP contribution in [0.4, 0.5) is 13.9 Å². The van der Waals surface area contributed by atoms with Crippen LogP contribution in [0.1, 0.15) is 12.8 Å². The van der Waals surface area contributed by atoms with Crippen LogP contribution in [0, 0.1) is 11.6 Å². The zero-order valence-corrected chi connectivity index (χ0v) is 16.7. The van der Waals surface area contributed by atoms with Crippen molar-refractivity contribution in [3.8, 4) is 11.3 Å². The summed E-state index contributed by atoms with van der Waals surface area (Å²) in [7, 11) is 0. The number of aromatic nitrogens is 5. The summed E-state index contributed by atoms with van der Waals surface area (Å²) in [6.07, 6.45) is 2.09. The molecule has 2 aromatic heterocycles. The van der Waals surface area contributed by atoms with Gasteiger partial charge in [0.2, 0.25) is 11.1 Å². The predicted octanol–water partition coefficient (Wildman–Crippen LogP) is 2.98. The number of rotatable bonds is 7. The third-order valence-electron chi connectivity index (χ3n) is 4.20.